The van der Waals surface area contributed by atoms with Gasteiger partial charge in [0.1, 0.15) is 29.9 Å². The van der Waals surface area contributed by atoms with Crippen LogP contribution in [0.2, 0.25) is 0 Å². The lowest BCUT2D eigenvalue weighted by Crippen LogP contribution is -2.55. The summed E-state index contributed by atoms with van der Waals surface area (Å²) < 4.78 is 13.9. The van der Waals surface area contributed by atoms with Crippen molar-refractivity contribution < 1.29 is 18.8 Å². The number of fused-ring (bicyclic) bond motifs is 1. The largest absolute Gasteiger partial charge is 0.350 e. The fourth-order valence-corrected chi connectivity index (χ4v) is 3.60. The average molecular weight is 398 g/mol. The first-order valence-electron chi connectivity index (χ1n) is 9.39. The average Bonchev–Trinajstić information content (AvgIpc) is 3.29. The highest BCUT2D eigenvalue weighted by atomic mass is 19.1. The summed E-state index contributed by atoms with van der Waals surface area (Å²) in [7, 11) is 0. The third kappa shape index (κ3) is 3.99. The molecule has 0 bridgehead atoms. The van der Waals surface area contributed by atoms with Crippen molar-refractivity contribution in [3.05, 3.63) is 35.8 Å². The third-order valence-corrected chi connectivity index (χ3v) is 5.20. The van der Waals surface area contributed by atoms with Crippen molar-refractivity contribution in [2.75, 3.05) is 6.54 Å². The second kappa shape index (κ2) is 7.66. The van der Waals surface area contributed by atoms with Crippen LogP contribution in [0, 0.1) is 28.5 Å². The minimum atomic E-state index is -0.924. The highest BCUT2D eigenvalue weighted by Crippen LogP contribution is 2.28. The summed E-state index contributed by atoms with van der Waals surface area (Å²) in [6.45, 7) is 5.56. The molecular weight excluding hydrogens is 375 g/mol. The summed E-state index contributed by atoms with van der Waals surface area (Å²) in [4.78, 5) is 41.4. The lowest BCUT2D eigenvalue weighted by Gasteiger charge is -2.34. The van der Waals surface area contributed by atoms with E-state index in [0.717, 1.165) is 6.29 Å². The van der Waals surface area contributed by atoms with Gasteiger partial charge in [0.15, 0.2) is 0 Å². The Labute approximate surface area is 167 Å². The number of halogens is 1. The molecule has 1 saturated heterocycles. The van der Waals surface area contributed by atoms with E-state index in [1.54, 1.807) is 26.8 Å². The van der Waals surface area contributed by atoms with Gasteiger partial charge in [0.05, 0.1) is 6.07 Å². The lowest BCUT2D eigenvalue weighted by atomic mass is 9.85. The number of benzene rings is 1. The molecule has 0 radical (unpaired) electrons. The van der Waals surface area contributed by atoms with Crippen molar-refractivity contribution in [1.29, 1.82) is 5.26 Å². The molecule has 8 heteroatoms. The highest BCUT2D eigenvalue weighted by molar-refractivity contribution is 6.00. The van der Waals surface area contributed by atoms with Crippen molar-refractivity contribution >= 4 is 29.0 Å². The number of aromatic amines is 1. The summed E-state index contributed by atoms with van der Waals surface area (Å²) in [5.41, 5.74) is -0.0358. The zero-order chi connectivity index (χ0) is 21.3. The van der Waals surface area contributed by atoms with Crippen LogP contribution < -0.4 is 5.32 Å². The molecule has 2 aromatic rings. The quantitative estimate of drug-likeness (QED) is 0.771. The van der Waals surface area contributed by atoms with Gasteiger partial charge in [-0.1, -0.05) is 26.8 Å². The first-order valence-corrected chi connectivity index (χ1v) is 9.39. The third-order valence-electron chi connectivity index (χ3n) is 5.20. The molecule has 1 aliphatic heterocycles. The fourth-order valence-electron chi connectivity index (χ4n) is 3.60. The summed E-state index contributed by atoms with van der Waals surface area (Å²) in [6, 6.07) is 6.33. The van der Waals surface area contributed by atoms with E-state index in [9.17, 15) is 24.0 Å². The normalized spacial score (nSPS) is 20.3. The van der Waals surface area contributed by atoms with Gasteiger partial charge in [-0.15, -0.1) is 0 Å². The fraction of sp³-hybridized carbons (Fsp3) is 0.429. The van der Waals surface area contributed by atoms with Gasteiger partial charge in [0.2, 0.25) is 5.91 Å². The molecule has 1 aromatic carbocycles. The maximum Gasteiger partial charge on any atom is 0.268 e. The number of nitriles is 1. The van der Waals surface area contributed by atoms with E-state index < -0.39 is 41.0 Å². The van der Waals surface area contributed by atoms with Crippen LogP contribution in [0.1, 0.15) is 37.7 Å². The molecule has 0 aliphatic carbocycles. The molecule has 7 nitrogen and oxygen atoms in total. The number of hydrogen-bond donors (Lipinski definition) is 2. The van der Waals surface area contributed by atoms with Crippen molar-refractivity contribution in [3.63, 3.8) is 0 Å². The summed E-state index contributed by atoms with van der Waals surface area (Å²) in [6.07, 6.45) is 1.04. The number of hydrogen-bond acceptors (Lipinski definition) is 4. The Balaban J connectivity index is 1.86. The Morgan fingerprint density at radius 1 is 1.41 bits per heavy atom. The maximum atomic E-state index is 13.9. The van der Waals surface area contributed by atoms with Gasteiger partial charge in [-0.05, 0) is 30.0 Å². The number of rotatable bonds is 4. The standard InChI is InChI=1S/C21H23FN4O3/c1-21(2,3)18(20(29)26-10-12(11-27)7-13(26)9-23)25-19(28)17-8-14-15(22)5-4-6-16(14)24-17/h4-6,8,11-13,18,24H,7,10H2,1-3H3,(H,25,28). The molecule has 2 N–H and O–H groups in total. The Bertz CT molecular complexity index is 1000. The minimum absolute atomic E-state index is 0.135. The second-order valence-electron chi connectivity index (χ2n) is 8.42. The number of amides is 2. The van der Waals surface area contributed by atoms with E-state index in [4.69, 9.17) is 0 Å². The number of likely N-dealkylation sites (tertiary alicyclic amines) is 1. The van der Waals surface area contributed by atoms with Crippen LogP contribution in [0.5, 0.6) is 0 Å². The molecule has 2 heterocycles. The Morgan fingerprint density at radius 3 is 2.72 bits per heavy atom. The number of aldehydes is 1. The minimum Gasteiger partial charge on any atom is -0.350 e. The van der Waals surface area contributed by atoms with Crippen LogP contribution in [0.3, 0.4) is 0 Å². The number of carbonyl (C=O) groups is 3. The van der Waals surface area contributed by atoms with Crippen LogP contribution in [0.15, 0.2) is 24.3 Å². The van der Waals surface area contributed by atoms with Gasteiger partial charge in [-0.2, -0.15) is 5.26 Å². The van der Waals surface area contributed by atoms with E-state index in [2.05, 4.69) is 16.4 Å². The van der Waals surface area contributed by atoms with Crippen LogP contribution in [0.25, 0.3) is 10.9 Å². The second-order valence-corrected chi connectivity index (χ2v) is 8.42. The molecule has 29 heavy (non-hydrogen) atoms. The molecule has 3 rings (SSSR count). The van der Waals surface area contributed by atoms with Gasteiger partial charge >= 0.3 is 0 Å². The molecule has 152 valence electrons. The number of H-pyrrole nitrogens is 1. The van der Waals surface area contributed by atoms with Gasteiger partial charge in [-0.3, -0.25) is 9.59 Å². The summed E-state index contributed by atoms with van der Waals surface area (Å²) in [5.74, 6) is -1.80. The van der Waals surface area contributed by atoms with E-state index >= 15 is 0 Å². The molecular formula is C21H23FN4O3. The molecule has 1 aromatic heterocycles. The van der Waals surface area contributed by atoms with Crippen molar-refractivity contribution in [3.8, 4) is 6.07 Å². The van der Waals surface area contributed by atoms with Crippen LogP contribution in [-0.4, -0.2) is 46.6 Å². The molecule has 0 saturated carbocycles. The molecule has 1 fully saturated rings. The van der Waals surface area contributed by atoms with Gasteiger partial charge in [0, 0.05) is 23.4 Å². The van der Waals surface area contributed by atoms with Crippen molar-refractivity contribution in [2.45, 2.75) is 39.3 Å². The smallest absolute Gasteiger partial charge is 0.268 e. The monoisotopic (exact) mass is 398 g/mol. The van der Waals surface area contributed by atoms with Crippen molar-refractivity contribution in [2.24, 2.45) is 11.3 Å². The number of carbonyl (C=O) groups excluding carboxylic acids is 3. The summed E-state index contributed by atoms with van der Waals surface area (Å²) in [5, 5.41) is 12.4. The molecule has 3 atom stereocenters. The maximum absolute atomic E-state index is 13.9. The predicted molar refractivity (Wildman–Crippen MR) is 104 cm³/mol. The van der Waals surface area contributed by atoms with Crippen LogP contribution in [-0.2, 0) is 9.59 Å². The number of aromatic nitrogens is 1. The topological polar surface area (TPSA) is 106 Å². The Kier molecular flexibility index (Phi) is 5.42. The van der Waals surface area contributed by atoms with E-state index in [1.807, 2.05) is 0 Å². The number of nitrogens with zero attached hydrogens (tertiary/aromatic N) is 2. The zero-order valence-corrected chi connectivity index (χ0v) is 16.5. The first-order chi connectivity index (χ1) is 13.7. The highest BCUT2D eigenvalue weighted by Gasteiger charge is 2.42. The van der Waals surface area contributed by atoms with Gasteiger partial charge in [0.25, 0.3) is 5.91 Å². The summed E-state index contributed by atoms with van der Waals surface area (Å²) >= 11 is 0. The van der Waals surface area contributed by atoms with E-state index in [-0.39, 0.29) is 24.0 Å². The molecule has 3 unspecified atom stereocenters. The number of nitrogens with one attached hydrogen (secondary N) is 2. The zero-order valence-electron chi connectivity index (χ0n) is 16.5. The van der Waals surface area contributed by atoms with Gasteiger partial charge in [-0.25, -0.2) is 4.39 Å². The van der Waals surface area contributed by atoms with E-state index in [1.165, 1.54) is 23.1 Å². The van der Waals surface area contributed by atoms with Crippen LogP contribution >= 0.6 is 0 Å². The van der Waals surface area contributed by atoms with E-state index in [0.29, 0.717) is 5.52 Å². The SMILES string of the molecule is CC(C)(C)C(NC(=O)c1cc2c(F)cccc2[nH]1)C(=O)N1CC(C=O)CC1C#N. The predicted octanol–water partition coefficient (Wildman–Crippen LogP) is 2.39. The molecule has 1 aliphatic rings. The molecule has 0 spiro atoms. The van der Waals surface area contributed by atoms with Gasteiger partial charge < -0.3 is 20.0 Å². The lowest BCUT2D eigenvalue weighted by molar-refractivity contribution is -0.136. The molecule has 2 amide bonds. The Morgan fingerprint density at radius 2 is 2.14 bits per heavy atom. The van der Waals surface area contributed by atoms with Crippen LogP contribution in [0.4, 0.5) is 4.39 Å². The first kappa shape index (κ1) is 20.5. The van der Waals surface area contributed by atoms with Crippen molar-refractivity contribution in [1.82, 2.24) is 15.2 Å². The Hall–Kier alpha value is -3.21.